The van der Waals surface area contributed by atoms with E-state index in [4.69, 9.17) is 16.3 Å². The fourth-order valence-corrected chi connectivity index (χ4v) is 8.35. The van der Waals surface area contributed by atoms with Crippen LogP contribution in [0.5, 0.6) is 0 Å². The molecule has 0 aromatic carbocycles. The van der Waals surface area contributed by atoms with Crippen LogP contribution in [0.4, 0.5) is 4.39 Å². The average molecular weight is 449 g/mol. The van der Waals surface area contributed by atoms with E-state index in [-0.39, 0.29) is 34.9 Å². The Kier molecular flexibility index (Phi) is 4.36. The Morgan fingerprint density at radius 1 is 1.29 bits per heavy atom. The first-order chi connectivity index (χ1) is 14.5. The maximum atomic E-state index is 17.2. The smallest absolute Gasteiger partial charge is 0.221 e. The molecule has 0 aromatic heterocycles. The van der Waals surface area contributed by atoms with Crippen molar-refractivity contribution in [2.75, 3.05) is 0 Å². The summed E-state index contributed by atoms with van der Waals surface area (Å²) in [6, 6.07) is 0. The Morgan fingerprint density at radius 2 is 2.00 bits per heavy atom. The molecule has 1 spiro atoms. The number of hydrogen-bond donors (Lipinski definition) is 1. The lowest BCUT2D eigenvalue weighted by Gasteiger charge is -2.62. The van der Waals surface area contributed by atoms with Gasteiger partial charge < -0.3 is 9.84 Å². The number of ether oxygens (including phenoxy) is 1. The summed E-state index contributed by atoms with van der Waals surface area (Å²) in [7, 11) is 0. The third kappa shape index (κ3) is 2.20. The second kappa shape index (κ2) is 6.32. The van der Waals surface area contributed by atoms with Gasteiger partial charge in [-0.05, 0) is 50.7 Å². The summed E-state index contributed by atoms with van der Waals surface area (Å²) >= 11 is 6.40. The molecule has 0 radical (unpaired) electrons. The van der Waals surface area contributed by atoms with E-state index in [0.717, 1.165) is 5.57 Å². The Bertz CT molecular complexity index is 984. The van der Waals surface area contributed by atoms with Crippen molar-refractivity contribution in [3.63, 3.8) is 0 Å². The van der Waals surface area contributed by atoms with E-state index < -0.39 is 34.1 Å². The lowest BCUT2D eigenvalue weighted by Crippen LogP contribution is -2.69. The fourth-order valence-electron chi connectivity index (χ4n) is 8.03. The predicted molar refractivity (Wildman–Crippen MR) is 115 cm³/mol. The number of halogens is 2. The van der Waals surface area contributed by atoms with Gasteiger partial charge in [0.05, 0.1) is 6.10 Å². The molecule has 1 aliphatic heterocycles. The Morgan fingerprint density at radius 3 is 2.65 bits per heavy atom. The molecule has 0 bridgehead atoms. The Hall–Kier alpha value is -1.46. The van der Waals surface area contributed by atoms with Gasteiger partial charge in [0.15, 0.2) is 17.1 Å². The van der Waals surface area contributed by atoms with Gasteiger partial charge in [-0.2, -0.15) is 0 Å². The first kappa shape index (κ1) is 21.4. The third-order valence-corrected chi connectivity index (χ3v) is 9.95. The number of carbonyl (C=O) groups excluding carboxylic acids is 2. The summed E-state index contributed by atoms with van der Waals surface area (Å²) in [6.07, 6.45) is 5.76. The SMILES string of the molecule is CCC1=C(Cl)C(=O)[C@@]2(O1)[C@@H](C)C[C@H]1[C@@H]3CCC4=CC(=O)C=C[C@@]4(C)[C@@]3(F)[C@@H](O)C[C@@]12C. The quantitative estimate of drug-likeness (QED) is 0.625. The van der Waals surface area contributed by atoms with E-state index in [1.54, 1.807) is 13.0 Å². The van der Waals surface area contributed by atoms with Crippen molar-refractivity contribution in [2.24, 2.45) is 28.6 Å². The molecule has 4 aliphatic carbocycles. The molecule has 8 atom stereocenters. The summed E-state index contributed by atoms with van der Waals surface area (Å²) < 4.78 is 23.5. The van der Waals surface area contributed by atoms with Gasteiger partial charge in [-0.25, -0.2) is 4.39 Å². The Balaban J connectivity index is 1.62. The van der Waals surface area contributed by atoms with E-state index in [1.165, 1.54) is 12.2 Å². The second-order valence-corrected chi connectivity index (χ2v) is 11.0. The molecule has 0 unspecified atom stereocenters. The van der Waals surface area contributed by atoms with Gasteiger partial charge in [-0.15, -0.1) is 0 Å². The van der Waals surface area contributed by atoms with Gasteiger partial charge in [0, 0.05) is 29.1 Å². The maximum Gasteiger partial charge on any atom is 0.221 e. The van der Waals surface area contributed by atoms with E-state index in [9.17, 15) is 14.7 Å². The molecule has 0 amide bonds. The van der Waals surface area contributed by atoms with Gasteiger partial charge in [-0.3, -0.25) is 9.59 Å². The monoisotopic (exact) mass is 448 g/mol. The van der Waals surface area contributed by atoms with Crippen molar-refractivity contribution < 1.29 is 23.8 Å². The van der Waals surface area contributed by atoms with Crippen LogP contribution in [0.15, 0.2) is 34.6 Å². The first-order valence-electron chi connectivity index (χ1n) is 11.4. The molecule has 6 heteroatoms. The van der Waals surface area contributed by atoms with Crippen LogP contribution in [0.2, 0.25) is 0 Å². The van der Waals surface area contributed by atoms with Crippen molar-refractivity contribution in [3.8, 4) is 0 Å². The largest absolute Gasteiger partial charge is 0.481 e. The predicted octanol–water partition coefficient (Wildman–Crippen LogP) is 4.80. The zero-order valence-electron chi connectivity index (χ0n) is 18.5. The van der Waals surface area contributed by atoms with Crippen LogP contribution in [-0.4, -0.2) is 34.0 Å². The number of hydrogen-bond acceptors (Lipinski definition) is 4. The van der Waals surface area contributed by atoms with Gasteiger partial charge >= 0.3 is 0 Å². The number of Topliss-reactive ketones (excluding diaryl/α,β-unsaturated/α-hetero) is 1. The second-order valence-electron chi connectivity index (χ2n) is 10.7. The highest BCUT2D eigenvalue weighted by molar-refractivity contribution is 6.44. The normalized spacial score (nSPS) is 50.9. The number of fused-ring (bicyclic) bond motifs is 6. The topological polar surface area (TPSA) is 63.6 Å². The molecular weight excluding hydrogens is 419 g/mol. The lowest BCUT2D eigenvalue weighted by molar-refractivity contribution is -0.218. The van der Waals surface area contributed by atoms with E-state index in [2.05, 4.69) is 0 Å². The van der Waals surface area contributed by atoms with E-state index >= 15 is 4.39 Å². The van der Waals surface area contributed by atoms with Crippen molar-refractivity contribution in [3.05, 3.63) is 34.6 Å². The molecular formula is C25H30ClFO4. The van der Waals surface area contributed by atoms with Crippen LogP contribution in [0.1, 0.15) is 59.8 Å². The third-order valence-electron chi connectivity index (χ3n) is 9.57. The van der Waals surface area contributed by atoms with Crippen molar-refractivity contribution in [1.29, 1.82) is 0 Å². The zero-order chi connectivity index (χ0) is 22.6. The van der Waals surface area contributed by atoms with Crippen LogP contribution in [0.3, 0.4) is 0 Å². The van der Waals surface area contributed by atoms with Crippen LogP contribution in [0.25, 0.3) is 0 Å². The van der Waals surface area contributed by atoms with Crippen LogP contribution < -0.4 is 0 Å². The molecule has 31 heavy (non-hydrogen) atoms. The fraction of sp³-hybridized carbons (Fsp3) is 0.680. The molecule has 1 heterocycles. The summed E-state index contributed by atoms with van der Waals surface area (Å²) in [5, 5.41) is 11.6. The number of carbonyl (C=O) groups is 2. The highest BCUT2D eigenvalue weighted by Crippen LogP contribution is 2.72. The number of allylic oxidation sites excluding steroid dienone is 5. The summed E-state index contributed by atoms with van der Waals surface area (Å²) in [6.45, 7) is 7.68. The highest BCUT2D eigenvalue weighted by Gasteiger charge is 2.78. The molecule has 1 N–H and O–H groups in total. The van der Waals surface area contributed by atoms with Crippen molar-refractivity contribution in [1.82, 2.24) is 0 Å². The number of ketones is 2. The first-order valence-corrected chi connectivity index (χ1v) is 11.8. The van der Waals surface area contributed by atoms with Crippen LogP contribution in [-0.2, 0) is 14.3 Å². The molecule has 3 fully saturated rings. The lowest BCUT2D eigenvalue weighted by atomic mass is 9.44. The average Bonchev–Trinajstić information content (AvgIpc) is 3.11. The van der Waals surface area contributed by atoms with Crippen LogP contribution in [0, 0.1) is 28.6 Å². The molecule has 0 aromatic rings. The minimum absolute atomic E-state index is 0.118. The van der Waals surface area contributed by atoms with E-state index in [1.807, 2.05) is 20.8 Å². The van der Waals surface area contributed by atoms with Gasteiger partial charge in [-0.1, -0.05) is 44.0 Å². The number of alkyl halides is 1. The minimum atomic E-state index is -1.91. The molecule has 3 saturated carbocycles. The standard InChI is InChI=1S/C25H30ClFO4/c1-5-18-20(26)21(30)25(31-18)13(2)10-17-16-7-6-14-11-15(28)8-9-22(14,3)24(16,27)19(29)12-23(17,25)4/h8-9,11,13,16-17,19,29H,5-7,10,12H2,1-4H3/t13-,16-,17-,19-,22+,23-,24-,25-/m0/s1. The van der Waals surface area contributed by atoms with E-state index in [0.29, 0.717) is 31.4 Å². The highest BCUT2D eigenvalue weighted by atomic mass is 35.5. The van der Waals surface area contributed by atoms with Crippen molar-refractivity contribution in [2.45, 2.75) is 77.2 Å². The van der Waals surface area contributed by atoms with Crippen LogP contribution >= 0.6 is 11.6 Å². The van der Waals surface area contributed by atoms with Gasteiger partial charge in [0.25, 0.3) is 0 Å². The molecule has 4 nitrogen and oxygen atoms in total. The molecule has 5 rings (SSSR count). The summed E-state index contributed by atoms with van der Waals surface area (Å²) in [5.41, 5.74) is -4.07. The minimum Gasteiger partial charge on any atom is -0.481 e. The van der Waals surface area contributed by atoms with Crippen molar-refractivity contribution >= 4 is 23.2 Å². The number of aliphatic hydroxyl groups is 1. The summed E-state index contributed by atoms with van der Waals surface area (Å²) in [5.74, 6) is -0.561. The van der Waals surface area contributed by atoms with Gasteiger partial charge in [0.2, 0.25) is 5.78 Å². The van der Waals surface area contributed by atoms with Gasteiger partial charge in [0.1, 0.15) is 10.8 Å². The molecule has 0 saturated heterocycles. The zero-order valence-corrected chi connectivity index (χ0v) is 19.3. The molecule has 5 aliphatic rings. The number of aliphatic hydroxyl groups excluding tert-OH is 1. The maximum absolute atomic E-state index is 17.2. The summed E-state index contributed by atoms with van der Waals surface area (Å²) in [4.78, 5) is 25.5. The Labute approximate surface area is 187 Å². The molecule has 168 valence electrons. The number of rotatable bonds is 1.